The van der Waals surface area contributed by atoms with Crippen LogP contribution in [0.25, 0.3) is 10.8 Å². The minimum Gasteiger partial charge on any atom is -0.489 e. The zero-order valence-electron chi connectivity index (χ0n) is 10.5. The molecular weight excluding hydrogens is 262 g/mol. The van der Waals surface area contributed by atoms with Gasteiger partial charge in [-0.3, -0.25) is 0 Å². The van der Waals surface area contributed by atoms with Crippen LogP contribution in [0.1, 0.15) is 6.92 Å². The van der Waals surface area contributed by atoms with Gasteiger partial charge in [0.15, 0.2) is 0 Å². The maximum Gasteiger partial charge on any atom is 0.238 e. The summed E-state index contributed by atoms with van der Waals surface area (Å²) in [6.07, 6.45) is 3.77. The number of rotatable bonds is 4. The molecule has 0 spiro atoms. The molecule has 0 fully saturated rings. The van der Waals surface area contributed by atoms with Crippen molar-refractivity contribution in [2.75, 3.05) is 6.61 Å². The highest BCUT2D eigenvalue weighted by molar-refractivity contribution is 7.89. The van der Waals surface area contributed by atoms with Crippen LogP contribution in [0.15, 0.2) is 53.4 Å². The van der Waals surface area contributed by atoms with Gasteiger partial charge in [0, 0.05) is 10.8 Å². The number of ether oxygens (including phenoxy) is 1. The normalized spacial score (nSPS) is 12.1. The summed E-state index contributed by atoms with van der Waals surface area (Å²) in [7, 11) is -3.74. The molecule has 2 rings (SSSR count). The standard InChI is InChI=1S/C14H15NO3S/c1-2-3-10-18-13-8-9-14(19(15,16)17)12-7-5-4-6-11(12)13/h2-9H,10H2,1H3,(H2,15,16,17)/b3-2+. The van der Waals surface area contributed by atoms with Gasteiger partial charge in [0.25, 0.3) is 0 Å². The van der Waals surface area contributed by atoms with Crippen molar-refractivity contribution in [1.29, 1.82) is 0 Å². The molecule has 2 aromatic carbocycles. The zero-order chi connectivity index (χ0) is 13.9. The molecule has 0 heterocycles. The van der Waals surface area contributed by atoms with Crippen LogP contribution in [0.3, 0.4) is 0 Å². The maximum atomic E-state index is 11.5. The lowest BCUT2D eigenvalue weighted by atomic mass is 10.1. The second-order valence-electron chi connectivity index (χ2n) is 4.03. The van der Waals surface area contributed by atoms with E-state index in [2.05, 4.69) is 0 Å². The fourth-order valence-corrected chi connectivity index (χ4v) is 2.59. The number of hydrogen-bond donors (Lipinski definition) is 1. The molecule has 0 radical (unpaired) electrons. The van der Waals surface area contributed by atoms with Crippen LogP contribution in [0, 0.1) is 0 Å². The Hall–Kier alpha value is -1.85. The van der Waals surface area contributed by atoms with Gasteiger partial charge >= 0.3 is 0 Å². The van der Waals surface area contributed by atoms with Crippen LogP contribution in [-0.2, 0) is 10.0 Å². The van der Waals surface area contributed by atoms with E-state index in [9.17, 15) is 8.42 Å². The van der Waals surface area contributed by atoms with Crippen LogP contribution in [0.4, 0.5) is 0 Å². The molecule has 0 bridgehead atoms. The number of benzene rings is 2. The molecule has 0 saturated carbocycles. The van der Waals surface area contributed by atoms with E-state index >= 15 is 0 Å². The first-order valence-corrected chi connectivity index (χ1v) is 7.37. The largest absolute Gasteiger partial charge is 0.489 e. The lowest BCUT2D eigenvalue weighted by Gasteiger charge is -2.10. The number of hydrogen-bond acceptors (Lipinski definition) is 3. The van der Waals surface area contributed by atoms with Gasteiger partial charge in [0.1, 0.15) is 12.4 Å². The van der Waals surface area contributed by atoms with Crippen LogP contribution < -0.4 is 9.88 Å². The molecular formula is C14H15NO3S. The van der Waals surface area contributed by atoms with E-state index in [-0.39, 0.29) is 4.90 Å². The molecule has 100 valence electrons. The number of primary sulfonamides is 1. The monoisotopic (exact) mass is 277 g/mol. The Labute approximate surface area is 112 Å². The molecule has 2 N–H and O–H groups in total. The first-order valence-electron chi connectivity index (χ1n) is 5.82. The van der Waals surface area contributed by atoms with Crippen molar-refractivity contribution in [2.45, 2.75) is 11.8 Å². The predicted molar refractivity (Wildman–Crippen MR) is 75.6 cm³/mol. The van der Waals surface area contributed by atoms with Gasteiger partial charge in [-0.25, -0.2) is 13.6 Å². The molecule has 0 amide bonds. The average Bonchev–Trinajstić information content (AvgIpc) is 2.37. The van der Waals surface area contributed by atoms with Gasteiger partial charge in [-0.1, -0.05) is 36.4 Å². The molecule has 0 aliphatic heterocycles. The van der Waals surface area contributed by atoms with Gasteiger partial charge < -0.3 is 4.74 Å². The molecule has 0 atom stereocenters. The Morgan fingerprint density at radius 2 is 1.84 bits per heavy atom. The Balaban J connectivity index is 2.58. The average molecular weight is 277 g/mol. The van der Waals surface area contributed by atoms with E-state index in [4.69, 9.17) is 9.88 Å². The van der Waals surface area contributed by atoms with Gasteiger partial charge in [-0.15, -0.1) is 0 Å². The van der Waals surface area contributed by atoms with Gasteiger partial charge in [-0.05, 0) is 19.1 Å². The Kier molecular flexibility index (Phi) is 3.87. The highest BCUT2D eigenvalue weighted by Crippen LogP contribution is 2.30. The first-order chi connectivity index (χ1) is 9.04. The second kappa shape index (κ2) is 5.42. The van der Waals surface area contributed by atoms with Crippen molar-refractivity contribution in [3.8, 4) is 5.75 Å². The van der Waals surface area contributed by atoms with Crippen molar-refractivity contribution < 1.29 is 13.2 Å². The van der Waals surface area contributed by atoms with E-state index in [0.717, 1.165) is 5.39 Å². The molecule has 4 nitrogen and oxygen atoms in total. The van der Waals surface area contributed by atoms with E-state index < -0.39 is 10.0 Å². The second-order valence-corrected chi connectivity index (χ2v) is 5.56. The number of sulfonamides is 1. The summed E-state index contributed by atoms with van der Waals surface area (Å²) in [5.41, 5.74) is 0. The van der Waals surface area contributed by atoms with E-state index in [1.54, 1.807) is 18.2 Å². The summed E-state index contributed by atoms with van der Waals surface area (Å²) in [5.74, 6) is 0.640. The minimum absolute atomic E-state index is 0.112. The van der Waals surface area contributed by atoms with Crippen LogP contribution >= 0.6 is 0 Å². The van der Waals surface area contributed by atoms with Gasteiger partial charge in [-0.2, -0.15) is 0 Å². The van der Waals surface area contributed by atoms with Gasteiger partial charge in [0.05, 0.1) is 4.90 Å². The summed E-state index contributed by atoms with van der Waals surface area (Å²) in [4.78, 5) is 0.112. The Morgan fingerprint density at radius 1 is 1.16 bits per heavy atom. The molecule has 19 heavy (non-hydrogen) atoms. The van der Waals surface area contributed by atoms with Gasteiger partial charge in [0.2, 0.25) is 10.0 Å². The highest BCUT2D eigenvalue weighted by Gasteiger charge is 2.14. The summed E-state index contributed by atoms with van der Waals surface area (Å²) < 4.78 is 28.7. The number of nitrogens with two attached hydrogens (primary N) is 1. The SMILES string of the molecule is C/C=C/COc1ccc(S(N)(=O)=O)c2ccccc12. The Bertz CT molecular complexity index is 721. The lowest BCUT2D eigenvalue weighted by molar-refractivity contribution is 0.367. The fourth-order valence-electron chi connectivity index (χ4n) is 1.85. The third-order valence-electron chi connectivity index (χ3n) is 2.72. The summed E-state index contributed by atoms with van der Waals surface area (Å²) in [6.45, 7) is 2.35. The lowest BCUT2D eigenvalue weighted by Crippen LogP contribution is -2.12. The fraction of sp³-hybridized carbons (Fsp3) is 0.143. The summed E-state index contributed by atoms with van der Waals surface area (Å²) in [6, 6.07) is 10.2. The molecule has 0 unspecified atom stereocenters. The van der Waals surface area contributed by atoms with Crippen molar-refractivity contribution >= 4 is 20.8 Å². The highest BCUT2D eigenvalue weighted by atomic mass is 32.2. The Morgan fingerprint density at radius 3 is 2.47 bits per heavy atom. The van der Waals surface area contributed by atoms with Crippen LogP contribution in [0.5, 0.6) is 5.75 Å². The third-order valence-corrected chi connectivity index (χ3v) is 3.69. The number of allylic oxidation sites excluding steroid dienone is 1. The summed E-state index contributed by atoms with van der Waals surface area (Å²) in [5, 5.41) is 6.52. The molecule has 0 aromatic heterocycles. The topological polar surface area (TPSA) is 69.4 Å². The smallest absolute Gasteiger partial charge is 0.238 e. The zero-order valence-corrected chi connectivity index (χ0v) is 11.4. The number of fused-ring (bicyclic) bond motifs is 1. The maximum absolute atomic E-state index is 11.5. The predicted octanol–water partition coefficient (Wildman–Crippen LogP) is 2.44. The first kappa shape index (κ1) is 13.6. The third kappa shape index (κ3) is 2.94. The van der Waals surface area contributed by atoms with Crippen molar-refractivity contribution in [1.82, 2.24) is 0 Å². The van der Waals surface area contributed by atoms with Crippen molar-refractivity contribution in [3.05, 3.63) is 48.6 Å². The molecule has 5 heteroatoms. The quantitative estimate of drug-likeness (QED) is 0.873. The van der Waals surface area contributed by atoms with Crippen LogP contribution in [-0.4, -0.2) is 15.0 Å². The molecule has 0 saturated heterocycles. The molecule has 0 aliphatic carbocycles. The van der Waals surface area contributed by atoms with Crippen molar-refractivity contribution in [3.63, 3.8) is 0 Å². The molecule has 2 aromatic rings. The minimum atomic E-state index is -3.74. The molecule has 0 aliphatic rings. The van der Waals surface area contributed by atoms with E-state index in [1.807, 2.05) is 31.2 Å². The van der Waals surface area contributed by atoms with E-state index in [1.165, 1.54) is 6.07 Å². The van der Waals surface area contributed by atoms with Crippen molar-refractivity contribution in [2.24, 2.45) is 5.14 Å². The van der Waals surface area contributed by atoms with E-state index in [0.29, 0.717) is 17.7 Å². The summed E-state index contributed by atoms with van der Waals surface area (Å²) >= 11 is 0. The van der Waals surface area contributed by atoms with Crippen LogP contribution in [0.2, 0.25) is 0 Å².